The molecule has 0 aliphatic heterocycles. The summed E-state index contributed by atoms with van der Waals surface area (Å²) in [6.07, 6.45) is 0. The van der Waals surface area contributed by atoms with Crippen LogP contribution >= 0.6 is 11.3 Å². The first-order chi connectivity index (χ1) is 27.8. The summed E-state index contributed by atoms with van der Waals surface area (Å²) in [5.41, 5.74) is 14.4. The van der Waals surface area contributed by atoms with Crippen molar-refractivity contribution in [3.8, 4) is 56.2 Å². The van der Waals surface area contributed by atoms with Crippen LogP contribution in [-0.2, 0) is 5.41 Å². The first-order valence-corrected chi connectivity index (χ1v) is 19.9. The van der Waals surface area contributed by atoms with Gasteiger partial charge >= 0.3 is 0 Å². The standard InChI is InChI=1S/C53H34N2S/c1-4-16-35(17-5-1)52-54-47(37-19-14-18-36(32-37)41-26-15-29-50-51(41)43-25-11-13-28-49(43)56-50)34-48(55-52)38-30-31-46-44(33-38)42-24-10-12-27-45(42)53(46,39-20-6-2-7-21-39)40-22-8-3-9-23-40/h1-34H. The van der Waals surface area contributed by atoms with Gasteiger partial charge in [-0.2, -0.15) is 0 Å². The monoisotopic (exact) mass is 730 g/mol. The number of nitrogens with zero attached hydrogens (tertiary/aromatic N) is 2. The van der Waals surface area contributed by atoms with E-state index in [1.54, 1.807) is 0 Å². The number of rotatable bonds is 6. The SMILES string of the molecule is c1ccc(-c2nc(-c3cccc(-c4cccc5sc6ccccc6c45)c3)cc(-c3ccc4c(c3)-c3ccccc3C4(c3ccccc3)c3ccccc3)n2)cc1. The Morgan fingerprint density at radius 3 is 1.68 bits per heavy atom. The molecule has 8 aromatic carbocycles. The molecule has 10 aromatic rings. The van der Waals surface area contributed by atoms with Crippen LogP contribution in [0.4, 0.5) is 0 Å². The van der Waals surface area contributed by atoms with Crippen LogP contribution in [0, 0.1) is 0 Å². The van der Waals surface area contributed by atoms with Crippen molar-refractivity contribution in [2.45, 2.75) is 5.41 Å². The van der Waals surface area contributed by atoms with Crippen molar-refractivity contribution in [2.75, 3.05) is 0 Å². The molecular formula is C53H34N2S. The second-order valence-corrected chi connectivity index (χ2v) is 15.6. The van der Waals surface area contributed by atoms with E-state index in [0.29, 0.717) is 5.82 Å². The minimum Gasteiger partial charge on any atom is -0.228 e. The Kier molecular flexibility index (Phi) is 7.61. The minimum absolute atomic E-state index is 0.448. The fourth-order valence-corrected chi connectivity index (χ4v) is 10.1. The summed E-state index contributed by atoms with van der Waals surface area (Å²) < 4.78 is 2.60. The topological polar surface area (TPSA) is 25.8 Å². The molecule has 0 N–H and O–H groups in total. The molecule has 2 heterocycles. The molecule has 0 bridgehead atoms. The van der Waals surface area contributed by atoms with Crippen LogP contribution in [0.1, 0.15) is 22.3 Å². The predicted octanol–water partition coefficient (Wildman–Crippen LogP) is 13.9. The Balaban J connectivity index is 1.10. The van der Waals surface area contributed by atoms with Gasteiger partial charge in [0.2, 0.25) is 0 Å². The number of benzene rings is 8. The van der Waals surface area contributed by atoms with E-state index in [9.17, 15) is 0 Å². The van der Waals surface area contributed by atoms with Crippen LogP contribution in [0.2, 0.25) is 0 Å². The van der Waals surface area contributed by atoms with Gasteiger partial charge in [0.15, 0.2) is 5.82 Å². The highest BCUT2D eigenvalue weighted by atomic mass is 32.1. The Bertz CT molecular complexity index is 3040. The van der Waals surface area contributed by atoms with Gasteiger partial charge in [0, 0.05) is 36.9 Å². The molecule has 0 atom stereocenters. The van der Waals surface area contributed by atoms with Crippen LogP contribution in [0.5, 0.6) is 0 Å². The summed E-state index contributed by atoms with van der Waals surface area (Å²) in [4.78, 5) is 10.5. The maximum absolute atomic E-state index is 5.27. The fourth-order valence-electron chi connectivity index (χ4n) is 8.93. The first-order valence-electron chi connectivity index (χ1n) is 19.1. The Hall–Kier alpha value is -6.94. The third kappa shape index (κ3) is 5.09. The zero-order valence-electron chi connectivity index (χ0n) is 30.4. The molecule has 0 saturated carbocycles. The van der Waals surface area contributed by atoms with Gasteiger partial charge in [0.05, 0.1) is 16.8 Å². The fraction of sp³-hybridized carbons (Fsp3) is 0.0189. The summed E-state index contributed by atoms with van der Waals surface area (Å²) >= 11 is 1.85. The average Bonchev–Trinajstić information content (AvgIpc) is 3.81. The maximum Gasteiger partial charge on any atom is 0.160 e. The molecule has 3 heteroatoms. The number of hydrogen-bond acceptors (Lipinski definition) is 3. The Morgan fingerprint density at radius 1 is 0.357 bits per heavy atom. The molecule has 2 nitrogen and oxygen atoms in total. The van der Waals surface area contributed by atoms with Crippen molar-refractivity contribution in [3.63, 3.8) is 0 Å². The lowest BCUT2D eigenvalue weighted by molar-refractivity contribution is 0.768. The molecule has 262 valence electrons. The number of aromatic nitrogens is 2. The van der Waals surface area contributed by atoms with E-state index in [1.807, 2.05) is 17.4 Å². The third-order valence-corrected chi connectivity index (χ3v) is 12.5. The number of fused-ring (bicyclic) bond motifs is 6. The maximum atomic E-state index is 5.27. The zero-order chi connectivity index (χ0) is 37.1. The molecule has 0 spiro atoms. The summed E-state index contributed by atoms with van der Waals surface area (Å²) in [7, 11) is 0. The molecule has 2 aromatic heterocycles. The third-order valence-electron chi connectivity index (χ3n) is 11.4. The molecule has 0 unspecified atom stereocenters. The van der Waals surface area contributed by atoms with Gasteiger partial charge in [-0.05, 0) is 74.8 Å². The van der Waals surface area contributed by atoms with Crippen molar-refractivity contribution >= 4 is 31.5 Å². The Labute approximate surface area is 330 Å². The summed E-state index contributed by atoms with van der Waals surface area (Å²) in [6, 6.07) is 74.4. The van der Waals surface area contributed by atoms with Crippen LogP contribution in [0.15, 0.2) is 206 Å². The van der Waals surface area contributed by atoms with Crippen molar-refractivity contribution in [2.24, 2.45) is 0 Å². The molecule has 56 heavy (non-hydrogen) atoms. The van der Waals surface area contributed by atoms with E-state index in [1.165, 1.54) is 64.7 Å². The van der Waals surface area contributed by atoms with E-state index in [0.717, 1.165) is 28.1 Å². The molecule has 0 fully saturated rings. The molecule has 0 radical (unpaired) electrons. The normalized spacial score (nSPS) is 12.8. The highest BCUT2D eigenvalue weighted by molar-refractivity contribution is 7.25. The van der Waals surface area contributed by atoms with Gasteiger partial charge in [-0.15, -0.1) is 11.3 Å². The summed E-state index contributed by atoms with van der Waals surface area (Å²) in [5.74, 6) is 0.707. The highest BCUT2D eigenvalue weighted by Crippen LogP contribution is 2.56. The van der Waals surface area contributed by atoms with E-state index in [-0.39, 0.29) is 0 Å². The molecule has 0 amide bonds. The Morgan fingerprint density at radius 2 is 0.911 bits per heavy atom. The number of hydrogen-bond donors (Lipinski definition) is 0. The van der Waals surface area contributed by atoms with Crippen LogP contribution in [-0.4, -0.2) is 9.97 Å². The van der Waals surface area contributed by atoms with Gasteiger partial charge < -0.3 is 0 Å². The molecular weight excluding hydrogens is 697 g/mol. The van der Waals surface area contributed by atoms with Gasteiger partial charge in [-0.25, -0.2) is 9.97 Å². The molecule has 1 aliphatic rings. The van der Waals surface area contributed by atoms with E-state index in [2.05, 4.69) is 200 Å². The van der Waals surface area contributed by atoms with E-state index < -0.39 is 5.41 Å². The first kappa shape index (κ1) is 32.5. The van der Waals surface area contributed by atoms with Crippen molar-refractivity contribution in [1.29, 1.82) is 0 Å². The van der Waals surface area contributed by atoms with Gasteiger partial charge in [0.25, 0.3) is 0 Å². The predicted molar refractivity (Wildman–Crippen MR) is 234 cm³/mol. The van der Waals surface area contributed by atoms with Crippen molar-refractivity contribution in [3.05, 3.63) is 229 Å². The van der Waals surface area contributed by atoms with Gasteiger partial charge in [0.1, 0.15) is 0 Å². The van der Waals surface area contributed by atoms with Gasteiger partial charge in [-0.1, -0.05) is 176 Å². The van der Waals surface area contributed by atoms with Crippen LogP contribution < -0.4 is 0 Å². The van der Waals surface area contributed by atoms with Crippen molar-refractivity contribution in [1.82, 2.24) is 9.97 Å². The lowest BCUT2D eigenvalue weighted by Gasteiger charge is -2.33. The summed E-state index contributed by atoms with van der Waals surface area (Å²) in [6.45, 7) is 0. The summed E-state index contributed by atoms with van der Waals surface area (Å²) in [5, 5.41) is 2.60. The lowest BCUT2D eigenvalue weighted by Crippen LogP contribution is -2.28. The van der Waals surface area contributed by atoms with Gasteiger partial charge in [-0.3, -0.25) is 0 Å². The highest BCUT2D eigenvalue weighted by Gasteiger charge is 2.46. The minimum atomic E-state index is -0.448. The second-order valence-electron chi connectivity index (χ2n) is 14.5. The quantitative estimate of drug-likeness (QED) is 0.170. The van der Waals surface area contributed by atoms with Crippen LogP contribution in [0.3, 0.4) is 0 Å². The molecule has 0 saturated heterocycles. The van der Waals surface area contributed by atoms with Crippen molar-refractivity contribution < 1.29 is 0 Å². The van der Waals surface area contributed by atoms with E-state index >= 15 is 0 Å². The average molecular weight is 731 g/mol. The lowest BCUT2D eigenvalue weighted by atomic mass is 9.67. The smallest absolute Gasteiger partial charge is 0.160 e. The second kappa shape index (κ2) is 13.1. The zero-order valence-corrected chi connectivity index (χ0v) is 31.2. The van der Waals surface area contributed by atoms with E-state index in [4.69, 9.17) is 9.97 Å². The number of thiophene rings is 1. The molecule has 1 aliphatic carbocycles. The van der Waals surface area contributed by atoms with Crippen LogP contribution in [0.25, 0.3) is 76.3 Å². The molecule has 11 rings (SSSR count). The largest absolute Gasteiger partial charge is 0.228 e.